The maximum Gasteiger partial charge on any atom is 0.255 e. The smallest absolute Gasteiger partial charge is 0.255 e. The molecule has 0 aliphatic carbocycles. The maximum atomic E-state index is 12.0. The molecule has 0 saturated carbocycles. The van der Waals surface area contributed by atoms with Crippen LogP contribution in [0.2, 0.25) is 0 Å². The van der Waals surface area contributed by atoms with E-state index < -0.39 is 12.4 Å². The second kappa shape index (κ2) is 3.73. The summed E-state index contributed by atoms with van der Waals surface area (Å²) in [5.41, 5.74) is 0.322. The van der Waals surface area contributed by atoms with E-state index in [1.54, 1.807) is 30.3 Å². The molecule has 0 aliphatic heterocycles. The van der Waals surface area contributed by atoms with Crippen molar-refractivity contribution in [1.82, 2.24) is 4.57 Å². The van der Waals surface area contributed by atoms with E-state index in [0.29, 0.717) is 11.3 Å². The summed E-state index contributed by atoms with van der Waals surface area (Å²) in [5, 5.41) is 0. The number of aryl methyl sites for hydroxylation is 1. The summed E-state index contributed by atoms with van der Waals surface area (Å²) >= 11 is 0. The minimum atomic E-state index is -2.41. The van der Waals surface area contributed by atoms with Gasteiger partial charge in [0.25, 0.3) is 5.56 Å². The average molecular weight is 203 g/mol. The van der Waals surface area contributed by atoms with Crippen LogP contribution >= 0.6 is 0 Å². The third kappa shape index (κ3) is 1.84. The quantitative estimate of drug-likeness (QED) is 0.697. The van der Waals surface area contributed by atoms with E-state index in [0.717, 1.165) is 4.57 Å². The fraction of sp³-hybridized carbons (Fsp3) is 0.154. The molecule has 0 spiro atoms. The zero-order valence-electron chi connectivity index (χ0n) is 12.3. The molecule has 0 unspecified atom stereocenters. The largest absolute Gasteiger partial charge is 0.284 e. The summed E-state index contributed by atoms with van der Waals surface area (Å²) in [6.07, 6.45) is -0.281. The van der Waals surface area contributed by atoms with Crippen molar-refractivity contribution < 1.29 is 5.48 Å². The lowest BCUT2D eigenvalue weighted by molar-refractivity contribution is 0.966. The Morgan fingerprint density at radius 1 is 1.27 bits per heavy atom. The van der Waals surface area contributed by atoms with Crippen LogP contribution in [0.4, 0.5) is 0 Å². The first-order valence-corrected chi connectivity index (χ1v) is 4.61. The lowest BCUT2D eigenvalue weighted by atomic mass is 10.2. The van der Waals surface area contributed by atoms with Gasteiger partial charge in [0.2, 0.25) is 0 Å². The van der Waals surface area contributed by atoms with Crippen LogP contribution in [-0.4, -0.2) is 4.57 Å². The van der Waals surface area contributed by atoms with Crippen LogP contribution in [0.1, 0.15) is 16.6 Å². The van der Waals surface area contributed by atoms with Gasteiger partial charge in [0.1, 0.15) is 0 Å². The number of benzene rings is 1. The first-order chi connectivity index (χ1) is 8.82. The van der Waals surface area contributed by atoms with E-state index in [4.69, 9.17) is 5.48 Å². The van der Waals surface area contributed by atoms with Crippen LogP contribution in [-0.2, 0) is 0 Å². The monoisotopic (exact) mass is 203 g/mol. The van der Waals surface area contributed by atoms with Crippen molar-refractivity contribution in [2.45, 2.75) is 13.8 Å². The highest BCUT2D eigenvalue weighted by Gasteiger charge is 2.01. The SMILES string of the molecule is [2H]c1c(C([2H])([2H])[2H])c(C)cc(=O)n1-c1ccccc1. The van der Waals surface area contributed by atoms with E-state index in [1.165, 1.54) is 13.0 Å². The van der Waals surface area contributed by atoms with Crippen molar-refractivity contribution >= 4 is 0 Å². The predicted molar refractivity (Wildman–Crippen MR) is 61.5 cm³/mol. The summed E-state index contributed by atoms with van der Waals surface area (Å²) < 4.78 is 31.6. The topological polar surface area (TPSA) is 22.0 Å². The molecule has 0 aliphatic rings. The minimum Gasteiger partial charge on any atom is -0.284 e. The molecule has 0 bridgehead atoms. The van der Waals surface area contributed by atoms with Crippen molar-refractivity contribution in [2.75, 3.05) is 0 Å². The lowest BCUT2D eigenvalue weighted by Crippen LogP contribution is -2.17. The van der Waals surface area contributed by atoms with Gasteiger partial charge in [-0.15, -0.1) is 0 Å². The highest BCUT2D eigenvalue weighted by Crippen LogP contribution is 2.07. The van der Waals surface area contributed by atoms with Gasteiger partial charge < -0.3 is 0 Å². The highest BCUT2D eigenvalue weighted by atomic mass is 16.1. The van der Waals surface area contributed by atoms with Gasteiger partial charge in [-0.25, -0.2) is 0 Å². The molecule has 2 aromatic rings. The summed E-state index contributed by atoms with van der Waals surface area (Å²) in [4.78, 5) is 12.0. The van der Waals surface area contributed by atoms with Crippen LogP contribution in [0.25, 0.3) is 5.69 Å². The lowest BCUT2D eigenvalue weighted by Gasteiger charge is -2.07. The standard InChI is InChI=1S/C13H13NO/c1-10-8-13(15)14(9-11(10)2)12-6-4-3-5-7-12/h3-9H,1-2H3/i2D3,9D. The molecule has 0 fully saturated rings. The molecular weight excluding hydrogens is 186 g/mol. The number of para-hydroxylation sites is 1. The fourth-order valence-corrected chi connectivity index (χ4v) is 1.35. The first-order valence-electron chi connectivity index (χ1n) is 6.61. The second-order valence-corrected chi connectivity index (χ2v) is 3.32. The van der Waals surface area contributed by atoms with E-state index in [2.05, 4.69) is 0 Å². The maximum absolute atomic E-state index is 12.0. The normalized spacial score (nSPS) is 15.0. The van der Waals surface area contributed by atoms with E-state index in [9.17, 15) is 4.79 Å². The van der Waals surface area contributed by atoms with Crippen molar-refractivity contribution in [2.24, 2.45) is 0 Å². The van der Waals surface area contributed by atoms with Crippen molar-refractivity contribution in [3.8, 4) is 5.69 Å². The van der Waals surface area contributed by atoms with Crippen molar-refractivity contribution in [1.29, 1.82) is 0 Å². The van der Waals surface area contributed by atoms with Gasteiger partial charge in [0.05, 0.1) is 1.37 Å². The van der Waals surface area contributed by atoms with Crippen LogP contribution in [0, 0.1) is 13.8 Å². The number of aromatic nitrogens is 1. The van der Waals surface area contributed by atoms with Gasteiger partial charge in [-0.05, 0) is 37.0 Å². The van der Waals surface area contributed by atoms with Gasteiger partial charge in [-0.1, -0.05) is 18.2 Å². The number of nitrogens with zero attached hydrogens (tertiary/aromatic N) is 1. The number of hydrogen-bond acceptors (Lipinski definition) is 1. The van der Waals surface area contributed by atoms with Crippen LogP contribution < -0.4 is 5.56 Å². The van der Waals surface area contributed by atoms with E-state index >= 15 is 0 Å². The highest BCUT2D eigenvalue weighted by molar-refractivity contribution is 5.34. The Morgan fingerprint density at radius 3 is 2.67 bits per heavy atom. The Bertz CT molecular complexity index is 659. The average Bonchev–Trinajstić information content (AvgIpc) is 2.27. The molecule has 1 heterocycles. The molecule has 0 saturated heterocycles. The molecule has 1 aromatic heterocycles. The molecule has 0 radical (unpaired) electrons. The van der Waals surface area contributed by atoms with Gasteiger partial charge >= 0.3 is 0 Å². The third-order valence-corrected chi connectivity index (χ3v) is 2.19. The molecular formula is C13H13NO. The van der Waals surface area contributed by atoms with Crippen LogP contribution in [0.3, 0.4) is 0 Å². The first kappa shape index (κ1) is 5.91. The van der Waals surface area contributed by atoms with Crippen molar-refractivity contribution in [3.63, 3.8) is 0 Å². The number of rotatable bonds is 1. The van der Waals surface area contributed by atoms with Gasteiger partial charge in [-0.3, -0.25) is 9.36 Å². The van der Waals surface area contributed by atoms with Gasteiger partial charge in [0.15, 0.2) is 0 Å². The molecule has 2 nitrogen and oxygen atoms in total. The summed E-state index contributed by atoms with van der Waals surface area (Å²) in [6, 6.07) is 9.84. The Labute approximate surface area is 94.4 Å². The van der Waals surface area contributed by atoms with Gasteiger partial charge in [0, 0.05) is 22.0 Å². The third-order valence-electron chi connectivity index (χ3n) is 2.19. The van der Waals surface area contributed by atoms with Gasteiger partial charge in [-0.2, -0.15) is 0 Å². The Kier molecular flexibility index (Phi) is 1.47. The second-order valence-electron chi connectivity index (χ2n) is 3.32. The molecule has 2 heteroatoms. The Balaban J connectivity index is 2.81. The fourth-order valence-electron chi connectivity index (χ4n) is 1.35. The van der Waals surface area contributed by atoms with E-state index in [-0.39, 0.29) is 11.7 Å². The Morgan fingerprint density at radius 2 is 2.00 bits per heavy atom. The molecule has 15 heavy (non-hydrogen) atoms. The zero-order valence-corrected chi connectivity index (χ0v) is 8.32. The molecule has 1 aromatic carbocycles. The van der Waals surface area contributed by atoms with E-state index in [1.807, 2.05) is 0 Å². The summed E-state index contributed by atoms with van der Waals surface area (Å²) in [7, 11) is 0. The molecule has 76 valence electrons. The molecule has 0 amide bonds. The number of pyridine rings is 1. The Hall–Kier alpha value is -1.83. The zero-order chi connectivity index (χ0) is 14.2. The molecule has 0 N–H and O–H groups in total. The minimum absolute atomic E-state index is 0.0871. The number of hydrogen-bond donors (Lipinski definition) is 0. The molecule has 2 rings (SSSR count). The molecule has 0 atom stereocenters. The van der Waals surface area contributed by atoms with Crippen LogP contribution in [0.15, 0.2) is 47.4 Å². The predicted octanol–water partition coefficient (Wildman–Crippen LogP) is 2.45. The van der Waals surface area contributed by atoms with Crippen molar-refractivity contribution in [3.05, 3.63) is 64.1 Å². The van der Waals surface area contributed by atoms with Crippen LogP contribution in [0.5, 0.6) is 0 Å². The summed E-state index contributed by atoms with van der Waals surface area (Å²) in [6.45, 7) is -0.873. The summed E-state index contributed by atoms with van der Waals surface area (Å²) in [5.74, 6) is 0.